The van der Waals surface area contributed by atoms with Crippen LogP contribution in [0.15, 0.2) is 66.7 Å². The maximum atomic E-state index is 14.1. The van der Waals surface area contributed by atoms with Crippen LogP contribution in [0.5, 0.6) is 0 Å². The maximum absolute atomic E-state index is 14.1. The Labute approximate surface area is 308 Å². The Hall–Kier alpha value is -3.59. The van der Waals surface area contributed by atoms with E-state index >= 15 is 0 Å². The first-order valence-electron chi connectivity index (χ1n) is 17.0. The smallest absolute Gasteiger partial charge is 0.390 e. The number of aliphatic hydroxyl groups is 1. The normalized spacial score (nSPS) is 13.6. The van der Waals surface area contributed by atoms with Crippen LogP contribution in [0.3, 0.4) is 0 Å². The van der Waals surface area contributed by atoms with E-state index in [1.807, 2.05) is 45.0 Å². The lowest BCUT2D eigenvalue weighted by Gasteiger charge is -2.28. The van der Waals surface area contributed by atoms with Crippen LogP contribution < -0.4 is 16.0 Å². The van der Waals surface area contributed by atoms with Crippen LogP contribution in [-0.2, 0) is 40.2 Å². The number of sulfone groups is 1. The number of nitrogens with one attached hydrogen (secondary N) is 3. The van der Waals surface area contributed by atoms with Crippen LogP contribution in [-0.4, -0.2) is 61.1 Å². The second-order valence-electron chi connectivity index (χ2n) is 12.6. The quantitative estimate of drug-likeness (QED) is 0.106. The summed E-state index contributed by atoms with van der Waals surface area (Å²) in [4.78, 5) is 27.1. The monoisotopic (exact) mass is 775 g/mol. The molecular weight excluding hydrogens is 729 g/mol. The second-order valence-corrected chi connectivity index (χ2v) is 14.9. The Balaban J connectivity index is 0.00000936. The molecule has 4 N–H and O–H groups in total. The van der Waals surface area contributed by atoms with Crippen LogP contribution in [0.2, 0.25) is 0 Å². The Kier molecular flexibility index (Phi) is 17.7. The molecule has 0 aromatic heterocycles. The molecule has 0 aliphatic heterocycles. The molecule has 3 atom stereocenters. The third-order valence-corrected chi connectivity index (χ3v) is 10.8. The summed E-state index contributed by atoms with van der Waals surface area (Å²) >= 11 is 0. The number of amides is 2. The van der Waals surface area contributed by atoms with E-state index in [2.05, 4.69) is 16.0 Å². The van der Waals surface area contributed by atoms with Crippen molar-refractivity contribution in [2.75, 3.05) is 12.3 Å². The molecule has 3 rings (SSSR count). The predicted molar refractivity (Wildman–Crippen MR) is 193 cm³/mol. The molecule has 0 aliphatic carbocycles. The van der Waals surface area contributed by atoms with Crippen molar-refractivity contribution in [3.05, 3.63) is 106 Å². The highest BCUT2D eigenvalue weighted by Gasteiger charge is 2.35. The minimum Gasteiger partial charge on any atom is -0.390 e. The number of rotatable bonds is 19. The lowest BCUT2D eigenvalue weighted by Crippen LogP contribution is -2.57. The molecule has 0 radical (unpaired) electrons. The summed E-state index contributed by atoms with van der Waals surface area (Å²) < 4.78 is 94.8. The molecule has 1 unspecified atom stereocenters. The number of carbonyl (C=O) groups excluding carboxylic acids is 2. The van der Waals surface area contributed by atoms with Gasteiger partial charge in [0.25, 0.3) is 5.91 Å². The molecule has 0 spiro atoms. The molecule has 0 saturated carbocycles. The minimum absolute atomic E-state index is 0. The predicted octanol–water partition coefficient (Wildman–Crippen LogP) is 6.33. The van der Waals surface area contributed by atoms with Crippen molar-refractivity contribution in [1.29, 1.82) is 0 Å². The van der Waals surface area contributed by atoms with Crippen molar-refractivity contribution >= 4 is 34.1 Å². The van der Waals surface area contributed by atoms with Gasteiger partial charge < -0.3 is 21.1 Å². The molecule has 15 heteroatoms. The number of aryl methyl sites for hydroxylation is 1. The van der Waals surface area contributed by atoms with Gasteiger partial charge in [-0.15, -0.1) is 12.4 Å². The molecule has 0 saturated heterocycles. The van der Waals surface area contributed by atoms with E-state index in [4.69, 9.17) is 0 Å². The number of halogens is 6. The van der Waals surface area contributed by atoms with Crippen molar-refractivity contribution in [2.45, 2.75) is 95.5 Å². The summed E-state index contributed by atoms with van der Waals surface area (Å²) in [6.45, 7) is 5.89. The number of hydrogen-bond donors (Lipinski definition) is 4. The fourth-order valence-corrected chi connectivity index (χ4v) is 7.93. The molecule has 2 amide bonds. The molecule has 3 aromatic carbocycles. The zero-order valence-electron chi connectivity index (χ0n) is 29.3. The number of alkyl halides is 3. The van der Waals surface area contributed by atoms with Crippen molar-refractivity contribution in [1.82, 2.24) is 16.0 Å². The number of hydrogen-bond acceptors (Lipinski definition) is 6. The Bertz CT molecular complexity index is 1680. The number of carbonyl (C=O) groups is 2. The van der Waals surface area contributed by atoms with Gasteiger partial charge in [0.15, 0.2) is 9.84 Å². The highest BCUT2D eigenvalue weighted by molar-refractivity contribution is 7.92. The van der Waals surface area contributed by atoms with Gasteiger partial charge in [-0.3, -0.25) is 9.59 Å². The Morgan fingerprint density at radius 3 is 1.98 bits per heavy atom. The van der Waals surface area contributed by atoms with Gasteiger partial charge in [0, 0.05) is 24.7 Å². The third kappa shape index (κ3) is 13.8. The lowest BCUT2D eigenvalue weighted by atomic mass is 10.00. The highest BCUT2D eigenvalue weighted by Crippen LogP contribution is 2.29. The first kappa shape index (κ1) is 44.6. The van der Waals surface area contributed by atoms with Crippen molar-refractivity contribution in [3.63, 3.8) is 0 Å². The van der Waals surface area contributed by atoms with Crippen molar-refractivity contribution in [3.8, 4) is 0 Å². The standard InChI is InChI=1S/C37H46F5N3O5S.ClH/c1-4-8-31(9-5-2)51(49,50)23-33(45-35(47)27-12-14-28(15-13-27)37(40,41)42)36(48)44-32(19-26-17-29(38)20-30(39)18-26)34(46)22-43-21-25-11-7-10-24(6-3)16-25;/h7,10-18,20,31-34,43,46H,4-6,8-9,19,21-23H2,1-3H3,(H,44,48)(H,45,47);1H/t32-,33?,34+;/m0./s1. The molecule has 0 fully saturated rings. The Morgan fingerprint density at radius 1 is 0.827 bits per heavy atom. The molecule has 0 heterocycles. The zero-order valence-corrected chi connectivity index (χ0v) is 30.9. The topological polar surface area (TPSA) is 125 Å². The van der Waals surface area contributed by atoms with Crippen molar-refractivity contribution < 1.29 is 45.1 Å². The van der Waals surface area contributed by atoms with Gasteiger partial charge in [0.2, 0.25) is 5.91 Å². The summed E-state index contributed by atoms with van der Waals surface area (Å²) in [6, 6.07) is 10.7. The van der Waals surface area contributed by atoms with E-state index in [-0.39, 0.29) is 36.5 Å². The largest absolute Gasteiger partial charge is 0.416 e. The van der Waals surface area contributed by atoms with Crippen LogP contribution in [0.25, 0.3) is 0 Å². The Morgan fingerprint density at radius 2 is 1.42 bits per heavy atom. The molecule has 8 nitrogen and oxygen atoms in total. The average Bonchev–Trinajstić information content (AvgIpc) is 3.06. The van der Waals surface area contributed by atoms with Gasteiger partial charge in [0.05, 0.1) is 28.7 Å². The van der Waals surface area contributed by atoms with E-state index in [0.717, 1.165) is 41.8 Å². The first-order chi connectivity index (χ1) is 24.1. The van der Waals surface area contributed by atoms with E-state index in [9.17, 15) is 45.1 Å². The van der Waals surface area contributed by atoms with Gasteiger partial charge in [0.1, 0.15) is 17.7 Å². The van der Waals surface area contributed by atoms with E-state index in [0.29, 0.717) is 50.4 Å². The third-order valence-electron chi connectivity index (χ3n) is 8.48. The summed E-state index contributed by atoms with van der Waals surface area (Å²) in [5, 5.41) is 18.5. The molecule has 288 valence electrons. The second kappa shape index (κ2) is 20.6. The van der Waals surface area contributed by atoms with E-state index in [1.165, 1.54) is 0 Å². The van der Waals surface area contributed by atoms with Crippen LogP contribution >= 0.6 is 12.4 Å². The summed E-state index contributed by atoms with van der Waals surface area (Å²) in [7, 11) is -4.02. The average molecular weight is 776 g/mol. The first-order valence-corrected chi connectivity index (χ1v) is 18.7. The molecular formula is C37H47ClF5N3O5S. The molecule has 3 aromatic rings. The van der Waals surface area contributed by atoms with Gasteiger partial charge in [-0.2, -0.15) is 13.2 Å². The van der Waals surface area contributed by atoms with Gasteiger partial charge >= 0.3 is 6.18 Å². The fourth-order valence-electron chi connectivity index (χ4n) is 5.77. The SMILES string of the molecule is CCCC(CCC)S(=O)(=O)CC(NC(=O)c1ccc(C(F)(F)F)cc1)C(=O)N[C@@H](Cc1cc(F)cc(F)c1)[C@H](O)CNCc1cccc(CC)c1.Cl. The van der Waals surface area contributed by atoms with E-state index < -0.39 is 74.2 Å². The van der Waals surface area contributed by atoms with Crippen molar-refractivity contribution in [2.24, 2.45) is 0 Å². The van der Waals surface area contributed by atoms with Gasteiger partial charge in [-0.1, -0.05) is 57.9 Å². The lowest BCUT2D eigenvalue weighted by molar-refractivity contribution is -0.137. The zero-order chi connectivity index (χ0) is 37.8. The van der Waals surface area contributed by atoms with E-state index in [1.54, 1.807) is 0 Å². The molecule has 0 aliphatic rings. The fraction of sp³-hybridized carbons (Fsp3) is 0.459. The number of benzene rings is 3. The van der Waals surface area contributed by atoms with Crippen LogP contribution in [0.1, 0.15) is 79.1 Å². The minimum atomic E-state index is -4.66. The summed E-state index contributed by atoms with van der Waals surface area (Å²) in [6.07, 6.45) is -3.79. The van der Waals surface area contributed by atoms with Crippen LogP contribution in [0.4, 0.5) is 22.0 Å². The molecule has 52 heavy (non-hydrogen) atoms. The number of aliphatic hydroxyl groups excluding tert-OH is 1. The van der Waals surface area contributed by atoms with Gasteiger partial charge in [-0.25, -0.2) is 17.2 Å². The van der Waals surface area contributed by atoms with Gasteiger partial charge in [-0.05, 0) is 78.8 Å². The summed E-state index contributed by atoms with van der Waals surface area (Å²) in [5.74, 6) is -4.61. The van der Waals surface area contributed by atoms with Crippen LogP contribution in [0, 0.1) is 11.6 Å². The maximum Gasteiger partial charge on any atom is 0.416 e. The highest BCUT2D eigenvalue weighted by atomic mass is 35.5. The molecule has 0 bridgehead atoms. The summed E-state index contributed by atoms with van der Waals surface area (Å²) in [5.41, 5.74) is 0.874.